The minimum absolute atomic E-state index is 0.0397. The zero-order chi connectivity index (χ0) is 37.3. The Hall–Kier alpha value is -4.01. The number of alkyl halides is 1. The first kappa shape index (κ1) is 40.4. The number of hydrogen-bond donors (Lipinski definition) is 2. The number of alkyl carbamates (subject to hydrolysis) is 1. The minimum atomic E-state index is -3.67. The van der Waals surface area contributed by atoms with Crippen LogP contribution in [0.5, 0.6) is 17.5 Å². The lowest BCUT2D eigenvalue weighted by Gasteiger charge is -2.23. The Morgan fingerprint density at radius 2 is 1.54 bits per heavy atom. The van der Waals surface area contributed by atoms with Gasteiger partial charge in [-0.2, -0.15) is 4.98 Å². The standard InChI is InChI=1S/C35H44ClF2N3O8S/c1-8-29(32(42)48-34(2,3)4)47-31-28(38)19-27(37)30(41-31)46-26-17-23(21-40-50(44,45)14-10-13-36)16-25(18-26)24-12-9-11-22(15-24)20-39-33(43)49-35(5,6)7/h9,11-12,15-19,29,40H,8,10,13-14,20-21H2,1-7H3,(H,39,43). The molecule has 0 saturated heterocycles. The van der Waals surface area contributed by atoms with E-state index in [1.807, 2.05) is 0 Å². The molecule has 1 atom stereocenters. The second-order valence-corrected chi connectivity index (χ2v) is 15.6. The highest BCUT2D eigenvalue weighted by Gasteiger charge is 2.28. The van der Waals surface area contributed by atoms with Crippen molar-refractivity contribution in [2.75, 3.05) is 11.6 Å². The van der Waals surface area contributed by atoms with Crippen molar-refractivity contribution in [1.29, 1.82) is 0 Å². The Morgan fingerprint density at radius 3 is 2.18 bits per heavy atom. The summed E-state index contributed by atoms with van der Waals surface area (Å²) >= 11 is 5.67. The molecule has 0 fully saturated rings. The highest BCUT2D eigenvalue weighted by atomic mass is 35.5. The molecule has 15 heteroatoms. The summed E-state index contributed by atoms with van der Waals surface area (Å²) in [4.78, 5) is 28.7. The number of benzene rings is 2. The molecule has 0 radical (unpaired) electrons. The normalized spacial score (nSPS) is 12.6. The minimum Gasteiger partial charge on any atom is -0.460 e. The van der Waals surface area contributed by atoms with Crippen LogP contribution in [0.3, 0.4) is 0 Å². The maximum Gasteiger partial charge on any atom is 0.407 e. The third kappa shape index (κ3) is 13.4. The van der Waals surface area contributed by atoms with Crippen LogP contribution in [0.2, 0.25) is 0 Å². The molecule has 0 aliphatic heterocycles. The first-order valence-corrected chi connectivity index (χ1v) is 18.1. The molecule has 1 aromatic heterocycles. The van der Waals surface area contributed by atoms with Gasteiger partial charge in [0.1, 0.15) is 17.0 Å². The molecule has 2 N–H and O–H groups in total. The molecule has 1 amide bonds. The number of amides is 1. The first-order valence-electron chi connectivity index (χ1n) is 15.9. The second-order valence-electron chi connectivity index (χ2n) is 13.3. The van der Waals surface area contributed by atoms with Crippen molar-refractivity contribution in [3.63, 3.8) is 0 Å². The van der Waals surface area contributed by atoms with Gasteiger partial charge in [0.25, 0.3) is 11.8 Å². The molecule has 3 rings (SSSR count). The highest BCUT2D eigenvalue weighted by molar-refractivity contribution is 7.89. The first-order chi connectivity index (χ1) is 23.3. The van der Waals surface area contributed by atoms with E-state index < -0.39 is 62.8 Å². The second kappa shape index (κ2) is 17.3. The Labute approximate surface area is 297 Å². The number of sulfonamides is 1. The number of nitrogens with one attached hydrogen (secondary N) is 2. The van der Waals surface area contributed by atoms with Crippen molar-refractivity contribution in [3.05, 3.63) is 71.3 Å². The van der Waals surface area contributed by atoms with E-state index in [1.165, 1.54) is 6.07 Å². The van der Waals surface area contributed by atoms with Gasteiger partial charge in [-0.05, 0) is 101 Å². The lowest BCUT2D eigenvalue weighted by atomic mass is 10.0. The maximum atomic E-state index is 15.0. The van der Waals surface area contributed by atoms with Crippen LogP contribution in [0.1, 0.15) is 72.4 Å². The Morgan fingerprint density at radius 1 is 0.880 bits per heavy atom. The van der Waals surface area contributed by atoms with Gasteiger partial charge in [-0.25, -0.2) is 31.5 Å². The van der Waals surface area contributed by atoms with E-state index in [2.05, 4.69) is 15.0 Å². The van der Waals surface area contributed by atoms with Gasteiger partial charge in [0, 0.05) is 25.0 Å². The van der Waals surface area contributed by atoms with Crippen molar-refractivity contribution in [2.24, 2.45) is 0 Å². The number of pyridine rings is 1. The summed E-state index contributed by atoms with van der Waals surface area (Å²) in [5.74, 6) is -4.35. The molecule has 0 saturated carbocycles. The predicted molar refractivity (Wildman–Crippen MR) is 186 cm³/mol. The van der Waals surface area contributed by atoms with Crippen LogP contribution in [0.25, 0.3) is 11.1 Å². The van der Waals surface area contributed by atoms with E-state index in [4.69, 9.17) is 30.5 Å². The molecule has 11 nitrogen and oxygen atoms in total. The number of halogens is 3. The van der Waals surface area contributed by atoms with Crippen molar-refractivity contribution in [1.82, 2.24) is 15.0 Å². The number of carbonyl (C=O) groups is 2. The van der Waals surface area contributed by atoms with Crippen molar-refractivity contribution in [2.45, 2.75) is 91.7 Å². The van der Waals surface area contributed by atoms with E-state index in [1.54, 1.807) is 84.9 Å². The smallest absolute Gasteiger partial charge is 0.407 e. The summed E-state index contributed by atoms with van der Waals surface area (Å²) < 4.78 is 79.4. The molecule has 1 unspecified atom stereocenters. The van der Waals surface area contributed by atoms with E-state index in [-0.39, 0.29) is 43.3 Å². The fraction of sp³-hybridized carbons (Fsp3) is 0.457. The molecule has 0 aliphatic rings. The van der Waals surface area contributed by atoms with Gasteiger partial charge < -0.3 is 24.3 Å². The molecular formula is C35H44ClF2N3O8S. The van der Waals surface area contributed by atoms with Crippen LogP contribution in [0, 0.1) is 11.6 Å². The van der Waals surface area contributed by atoms with Crippen molar-refractivity contribution >= 4 is 33.7 Å². The number of hydrogen-bond acceptors (Lipinski definition) is 9. The number of aromatic nitrogens is 1. The number of carbonyl (C=O) groups excluding carboxylic acids is 2. The number of ether oxygens (including phenoxy) is 4. The van der Waals surface area contributed by atoms with Gasteiger partial charge in [0.2, 0.25) is 10.0 Å². The topological polar surface area (TPSA) is 142 Å². The van der Waals surface area contributed by atoms with E-state index in [0.29, 0.717) is 22.8 Å². The van der Waals surface area contributed by atoms with Crippen LogP contribution in [-0.2, 0) is 37.4 Å². The lowest BCUT2D eigenvalue weighted by molar-refractivity contribution is -0.163. The SMILES string of the molecule is CCC(Oc1nc(Oc2cc(CNS(=O)(=O)CCCCl)cc(-c3cccc(CNC(=O)OC(C)(C)C)c3)c2)c(F)cc1F)C(=O)OC(C)(C)C. The Balaban J connectivity index is 1.97. The van der Waals surface area contributed by atoms with E-state index in [9.17, 15) is 22.4 Å². The van der Waals surface area contributed by atoms with Gasteiger partial charge in [-0.15, -0.1) is 11.6 Å². The van der Waals surface area contributed by atoms with Gasteiger partial charge in [-0.3, -0.25) is 0 Å². The number of nitrogens with zero attached hydrogens (tertiary/aromatic N) is 1. The predicted octanol–water partition coefficient (Wildman–Crippen LogP) is 7.39. The fourth-order valence-electron chi connectivity index (χ4n) is 4.35. The third-order valence-electron chi connectivity index (χ3n) is 6.48. The lowest BCUT2D eigenvalue weighted by Crippen LogP contribution is -2.35. The van der Waals surface area contributed by atoms with Crippen molar-refractivity contribution < 1.29 is 45.7 Å². The van der Waals surface area contributed by atoms with E-state index in [0.717, 1.165) is 5.56 Å². The summed E-state index contributed by atoms with van der Waals surface area (Å²) in [7, 11) is -3.67. The van der Waals surface area contributed by atoms with Gasteiger partial charge in [-0.1, -0.05) is 25.1 Å². The molecule has 1 heterocycles. The summed E-state index contributed by atoms with van der Waals surface area (Å²) in [6, 6.07) is 12.4. The van der Waals surface area contributed by atoms with Crippen molar-refractivity contribution in [3.8, 4) is 28.6 Å². The highest BCUT2D eigenvalue weighted by Crippen LogP contribution is 2.32. The average molecular weight is 740 g/mol. The van der Waals surface area contributed by atoms with Gasteiger partial charge in [0.15, 0.2) is 17.7 Å². The summed E-state index contributed by atoms with van der Waals surface area (Å²) in [6.45, 7) is 11.9. The van der Waals surface area contributed by atoms with E-state index >= 15 is 4.39 Å². The zero-order valence-electron chi connectivity index (χ0n) is 29.2. The molecule has 274 valence electrons. The Bertz CT molecular complexity index is 1760. The quantitative estimate of drug-likeness (QED) is 0.121. The third-order valence-corrected chi connectivity index (χ3v) is 8.16. The summed E-state index contributed by atoms with van der Waals surface area (Å²) in [6.07, 6.45) is -1.45. The molecule has 3 aromatic rings. The largest absolute Gasteiger partial charge is 0.460 e. The monoisotopic (exact) mass is 739 g/mol. The molecule has 50 heavy (non-hydrogen) atoms. The maximum absolute atomic E-state index is 15.0. The average Bonchev–Trinajstić information content (AvgIpc) is 3.01. The molecule has 0 bridgehead atoms. The Kier molecular flexibility index (Phi) is 14.0. The fourth-order valence-corrected chi connectivity index (χ4v) is 5.70. The van der Waals surface area contributed by atoms with Crippen LogP contribution >= 0.6 is 11.6 Å². The molecule has 0 spiro atoms. The molecular weight excluding hydrogens is 696 g/mol. The van der Waals surface area contributed by atoms with Crippen LogP contribution in [0.15, 0.2) is 48.5 Å². The van der Waals surface area contributed by atoms with Gasteiger partial charge in [0.05, 0.1) is 5.75 Å². The molecule has 2 aromatic carbocycles. The number of rotatable bonds is 15. The molecule has 0 aliphatic carbocycles. The van der Waals surface area contributed by atoms with Crippen LogP contribution < -0.4 is 19.5 Å². The van der Waals surface area contributed by atoms with Crippen LogP contribution in [-0.4, -0.2) is 54.4 Å². The van der Waals surface area contributed by atoms with Crippen LogP contribution in [0.4, 0.5) is 13.6 Å². The number of esters is 1. The summed E-state index contributed by atoms with van der Waals surface area (Å²) in [5.41, 5.74) is 0.879. The zero-order valence-corrected chi connectivity index (χ0v) is 30.8. The summed E-state index contributed by atoms with van der Waals surface area (Å²) in [5, 5.41) is 2.70. The van der Waals surface area contributed by atoms with Gasteiger partial charge >= 0.3 is 12.1 Å².